The molecule has 31 heavy (non-hydrogen) atoms. The van der Waals surface area contributed by atoms with E-state index in [2.05, 4.69) is 15.5 Å². The number of morpholine rings is 1. The molecule has 0 atom stereocenters. The van der Waals surface area contributed by atoms with Crippen LogP contribution in [0.5, 0.6) is 0 Å². The van der Waals surface area contributed by atoms with Gasteiger partial charge in [0.15, 0.2) is 0 Å². The number of hydrogen-bond donors (Lipinski definition) is 2. The molecule has 0 unspecified atom stereocenters. The smallest absolute Gasteiger partial charge is 0.314 e. The average Bonchev–Trinajstić information content (AvgIpc) is 2.82. The molecule has 1 fully saturated rings. The zero-order valence-electron chi connectivity index (χ0n) is 16.9. The Balaban J connectivity index is 1.45. The molecule has 0 aromatic heterocycles. The molecule has 1 aliphatic rings. The standard InChI is InChI=1S/C24H23N3O3S/c28-23(25-19-10-4-6-12-21(19)27-14-16-30-17-15-27)24(29)26-20-11-5-7-13-22(20)31-18-8-2-1-3-9-18/h1-13H,14-17H2,(H,25,28)(H,26,29). The first-order valence-corrected chi connectivity index (χ1v) is 10.9. The highest BCUT2D eigenvalue weighted by Gasteiger charge is 2.20. The number of nitrogens with one attached hydrogen (secondary N) is 2. The van der Waals surface area contributed by atoms with Crippen LogP contribution in [-0.2, 0) is 14.3 Å². The highest BCUT2D eigenvalue weighted by molar-refractivity contribution is 7.99. The van der Waals surface area contributed by atoms with E-state index in [0.29, 0.717) is 24.6 Å². The van der Waals surface area contributed by atoms with Crippen molar-refractivity contribution in [3.8, 4) is 0 Å². The molecule has 4 rings (SSSR count). The summed E-state index contributed by atoms with van der Waals surface area (Å²) >= 11 is 1.53. The van der Waals surface area contributed by atoms with Crippen LogP contribution in [0.1, 0.15) is 0 Å². The predicted octanol–water partition coefficient (Wildman–Crippen LogP) is 4.25. The predicted molar refractivity (Wildman–Crippen MR) is 124 cm³/mol. The maximum absolute atomic E-state index is 12.6. The Morgan fingerprint density at radius 3 is 2.06 bits per heavy atom. The Kier molecular flexibility index (Phi) is 6.86. The maximum atomic E-state index is 12.6. The van der Waals surface area contributed by atoms with Crippen LogP contribution >= 0.6 is 11.8 Å². The summed E-state index contributed by atoms with van der Waals surface area (Å²) in [5, 5.41) is 5.50. The Hall–Kier alpha value is -3.29. The lowest BCUT2D eigenvalue weighted by molar-refractivity contribution is -0.133. The Morgan fingerprint density at radius 1 is 0.742 bits per heavy atom. The molecule has 0 bridgehead atoms. The largest absolute Gasteiger partial charge is 0.378 e. The molecule has 3 aromatic carbocycles. The van der Waals surface area contributed by atoms with Crippen LogP contribution in [0.25, 0.3) is 0 Å². The SMILES string of the molecule is O=C(Nc1ccccc1Sc1ccccc1)C(=O)Nc1ccccc1N1CCOCC1. The minimum Gasteiger partial charge on any atom is -0.378 e. The lowest BCUT2D eigenvalue weighted by Gasteiger charge is -2.30. The normalized spacial score (nSPS) is 13.5. The van der Waals surface area contributed by atoms with Crippen molar-refractivity contribution in [2.75, 3.05) is 41.8 Å². The van der Waals surface area contributed by atoms with E-state index >= 15 is 0 Å². The number of ether oxygens (including phenoxy) is 1. The van der Waals surface area contributed by atoms with Crippen LogP contribution in [0.3, 0.4) is 0 Å². The molecule has 3 aromatic rings. The zero-order valence-corrected chi connectivity index (χ0v) is 17.7. The number of hydrogen-bond acceptors (Lipinski definition) is 5. The Labute approximate surface area is 185 Å². The molecule has 0 saturated carbocycles. The summed E-state index contributed by atoms with van der Waals surface area (Å²) in [5.41, 5.74) is 2.08. The molecular weight excluding hydrogens is 410 g/mol. The van der Waals surface area contributed by atoms with Gasteiger partial charge in [-0.1, -0.05) is 54.2 Å². The van der Waals surface area contributed by atoms with Crippen molar-refractivity contribution < 1.29 is 14.3 Å². The minimum absolute atomic E-state index is 0.595. The van der Waals surface area contributed by atoms with Gasteiger partial charge in [-0.05, 0) is 36.4 Å². The van der Waals surface area contributed by atoms with Gasteiger partial charge < -0.3 is 20.3 Å². The molecule has 1 saturated heterocycles. The van der Waals surface area contributed by atoms with E-state index in [9.17, 15) is 9.59 Å². The average molecular weight is 434 g/mol. The van der Waals surface area contributed by atoms with E-state index in [4.69, 9.17) is 4.74 Å². The van der Waals surface area contributed by atoms with Gasteiger partial charge in [-0.25, -0.2) is 0 Å². The van der Waals surface area contributed by atoms with Crippen LogP contribution < -0.4 is 15.5 Å². The van der Waals surface area contributed by atoms with Gasteiger partial charge in [-0.15, -0.1) is 0 Å². The van der Waals surface area contributed by atoms with E-state index < -0.39 is 11.8 Å². The van der Waals surface area contributed by atoms with Gasteiger partial charge in [-0.2, -0.15) is 0 Å². The molecule has 158 valence electrons. The molecule has 7 heteroatoms. The Morgan fingerprint density at radius 2 is 1.32 bits per heavy atom. The van der Waals surface area contributed by atoms with E-state index in [1.165, 1.54) is 11.8 Å². The second-order valence-electron chi connectivity index (χ2n) is 6.94. The summed E-state index contributed by atoms with van der Waals surface area (Å²) in [7, 11) is 0. The topological polar surface area (TPSA) is 70.7 Å². The molecule has 0 radical (unpaired) electrons. The fourth-order valence-corrected chi connectivity index (χ4v) is 4.21. The van der Waals surface area contributed by atoms with Gasteiger partial charge in [0.1, 0.15) is 0 Å². The third-order valence-electron chi connectivity index (χ3n) is 4.82. The van der Waals surface area contributed by atoms with Gasteiger partial charge in [0.05, 0.1) is 30.3 Å². The van der Waals surface area contributed by atoms with Crippen LogP contribution in [0.4, 0.5) is 17.1 Å². The first-order chi connectivity index (χ1) is 15.2. The van der Waals surface area contributed by atoms with Crippen molar-refractivity contribution in [1.29, 1.82) is 0 Å². The molecular formula is C24H23N3O3S. The first-order valence-electron chi connectivity index (χ1n) is 10.1. The van der Waals surface area contributed by atoms with Crippen molar-refractivity contribution in [1.82, 2.24) is 0 Å². The number of amides is 2. The number of carbonyl (C=O) groups excluding carboxylic acids is 2. The first kappa shape index (κ1) is 21.0. The summed E-state index contributed by atoms with van der Waals surface area (Å²) in [4.78, 5) is 29.3. The third kappa shape index (κ3) is 5.45. The highest BCUT2D eigenvalue weighted by atomic mass is 32.2. The fraction of sp³-hybridized carbons (Fsp3) is 0.167. The summed E-state index contributed by atoms with van der Waals surface area (Å²) < 4.78 is 5.41. The fourth-order valence-electron chi connectivity index (χ4n) is 3.29. The number of anilines is 3. The molecule has 1 aliphatic heterocycles. The summed E-state index contributed by atoms with van der Waals surface area (Å²) in [6.07, 6.45) is 0. The van der Waals surface area contributed by atoms with E-state index in [1.54, 1.807) is 12.1 Å². The van der Waals surface area contributed by atoms with Gasteiger partial charge >= 0.3 is 11.8 Å². The quantitative estimate of drug-likeness (QED) is 0.589. The molecule has 1 heterocycles. The Bertz CT molecular complexity index is 1050. The third-order valence-corrected chi connectivity index (χ3v) is 5.90. The molecule has 6 nitrogen and oxygen atoms in total. The number of para-hydroxylation sites is 3. The second kappa shape index (κ2) is 10.1. The van der Waals surface area contributed by atoms with Crippen molar-refractivity contribution in [2.45, 2.75) is 9.79 Å². The van der Waals surface area contributed by atoms with Crippen molar-refractivity contribution in [3.63, 3.8) is 0 Å². The van der Waals surface area contributed by atoms with Crippen molar-refractivity contribution >= 4 is 40.6 Å². The summed E-state index contributed by atoms with van der Waals surface area (Å²) in [6.45, 7) is 2.75. The van der Waals surface area contributed by atoms with E-state index in [0.717, 1.165) is 28.6 Å². The van der Waals surface area contributed by atoms with Gasteiger partial charge in [0.2, 0.25) is 0 Å². The van der Waals surface area contributed by atoms with Crippen molar-refractivity contribution in [2.24, 2.45) is 0 Å². The lowest BCUT2D eigenvalue weighted by Crippen LogP contribution is -2.37. The van der Waals surface area contributed by atoms with Crippen LogP contribution in [0.2, 0.25) is 0 Å². The molecule has 0 aliphatic carbocycles. The lowest BCUT2D eigenvalue weighted by atomic mass is 10.2. The number of benzene rings is 3. The second-order valence-corrected chi connectivity index (χ2v) is 8.05. The molecule has 2 N–H and O–H groups in total. The van der Waals surface area contributed by atoms with Crippen LogP contribution in [-0.4, -0.2) is 38.1 Å². The monoisotopic (exact) mass is 433 g/mol. The maximum Gasteiger partial charge on any atom is 0.314 e. The summed E-state index contributed by atoms with van der Waals surface area (Å²) in [6, 6.07) is 24.8. The van der Waals surface area contributed by atoms with Crippen molar-refractivity contribution in [3.05, 3.63) is 78.9 Å². The number of nitrogens with zero attached hydrogens (tertiary/aromatic N) is 1. The molecule has 0 spiro atoms. The number of carbonyl (C=O) groups is 2. The van der Waals surface area contributed by atoms with Gasteiger partial charge in [-0.3, -0.25) is 9.59 Å². The van der Waals surface area contributed by atoms with Crippen LogP contribution in [0.15, 0.2) is 88.7 Å². The van der Waals surface area contributed by atoms with Gasteiger partial charge in [0.25, 0.3) is 0 Å². The van der Waals surface area contributed by atoms with E-state index in [1.807, 2.05) is 66.7 Å². The zero-order chi connectivity index (χ0) is 21.5. The van der Waals surface area contributed by atoms with Crippen LogP contribution in [0, 0.1) is 0 Å². The summed E-state index contributed by atoms with van der Waals surface area (Å²) in [5.74, 6) is -1.42. The van der Waals surface area contributed by atoms with E-state index in [-0.39, 0.29) is 0 Å². The minimum atomic E-state index is -0.710. The number of rotatable bonds is 5. The molecule has 2 amide bonds. The highest BCUT2D eigenvalue weighted by Crippen LogP contribution is 2.33. The van der Waals surface area contributed by atoms with Gasteiger partial charge in [0, 0.05) is 22.9 Å².